The first-order valence-electron chi connectivity index (χ1n) is 8.98. The molecule has 24 heavy (non-hydrogen) atoms. The Kier molecular flexibility index (Phi) is 5.58. The number of nitrogen functional groups attached to an aromatic ring is 2. The van der Waals surface area contributed by atoms with Crippen molar-refractivity contribution in [3.63, 3.8) is 0 Å². The fraction of sp³-hybridized carbons (Fsp3) is 0.455. The number of rotatable bonds is 5. The lowest BCUT2D eigenvalue weighted by Crippen LogP contribution is -2.04. The highest BCUT2D eigenvalue weighted by Gasteiger charge is 2.11. The second-order valence-corrected chi connectivity index (χ2v) is 7.64. The fourth-order valence-electron chi connectivity index (χ4n) is 3.34. The summed E-state index contributed by atoms with van der Waals surface area (Å²) < 4.78 is 0. The van der Waals surface area contributed by atoms with Crippen molar-refractivity contribution >= 4 is 11.4 Å². The summed E-state index contributed by atoms with van der Waals surface area (Å²) in [7, 11) is 0. The number of anilines is 2. The molecule has 0 bridgehead atoms. The number of hydrogen-bond donors (Lipinski definition) is 2. The number of benzene rings is 2. The van der Waals surface area contributed by atoms with Crippen molar-refractivity contribution in [2.75, 3.05) is 11.5 Å². The van der Waals surface area contributed by atoms with Crippen molar-refractivity contribution in [3.8, 4) is 0 Å². The van der Waals surface area contributed by atoms with Crippen LogP contribution in [0.4, 0.5) is 11.4 Å². The summed E-state index contributed by atoms with van der Waals surface area (Å²) in [5.74, 6) is 0.907. The maximum absolute atomic E-state index is 6.24. The minimum Gasteiger partial charge on any atom is -0.398 e. The lowest BCUT2D eigenvalue weighted by Gasteiger charge is -2.16. The van der Waals surface area contributed by atoms with Crippen molar-refractivity contribution in [1.29, 1.82) is 0 Å². The molecular formula is C22H32N2. The van der Waals surface area contributed by atoms with Gasteiger partial charge in [0.25, 0.3) is 0 Å². The van der Waals surface area contributed by atoms with Crippen molar-refractivity contribution in [1.82, 2.24) is 0 Å². The molecule has 0 saturated heterocycles. The fourth-order valence-corrected chi connectivity index (χ4v) is 3.34. The van der Waals surface area contributed by atoms with Crippen molar-refractivity contribution in [2.24, 2.45) is 0 Å². The lowest BCUT2D eigenvalue weighted by atomic mass is 9.91. The van der Waals surface area contributed by atoms with Gasteiger partial charge in [-0.3, -0.25) is 0 Å². The van der Waals surface area contributed by atoms with Crippen LogP contribution >= 0.6 is 0 Å². The summed E-state index contributed by atoms with van der Waals surface area (Å²) in [4.78, 5) is 0. The zero-order valence-corrected chi connectivity index (χ0v) is 16.0. The number of nitrogens with two attached hydrogens (primary N) is 2. The Morgan fingerprint density at radius 2 is 1.00 bits per heavy atom. The molecule has 0 aliphatic heterocycles. The highest BCUT2D eigenvalue weighted by Crippen LogP contribution is 2.29. The van der Waals surface area contributed by atoms with Gasteiger partial charge >= 0.3 is 0 Å². The predicted molar refractivity (Wildman–Crippen MR) is 107 cm³/mol. The summed E-state index contributed by atoms with van der Waals surface area (Å²) in [6.07, 6.45) is 2.06. The molecule has 0 heterocycles. The summed E-state index contributed by atoms with van der Waals surface area (Å²) in [5, 5.41) is 0. The molecule has 2 rings (SSSR count). The molecule has 0 spiro atoms. The quantitative estimate of drug-likeness (QED) is 0.713. The first-order chi connectivity index (χ1) is 11.2. The molecular weight excluding hydrogens is 292 g/mol. The molecule has 0 saturated carbocycles. The second kappa shape index (κ2) is 7.29. The minimum absolute atomic E-state index is 0.454. The maximum atomic E-state index is 6.24. The number of aryl methyl sites for hydroxylation is 4. The van der Waals surface area contributed by atoms with E-state index in [1.54, 1.807) is 0 Å². The zero-order valence-electron chi connectivity index (χ0n) is 16.0. The molecule has 2 heteroatoms. The van der Waals surface area contributed by atoms with E-state index in [0.717, 1.165) is 24.2 Å². The van der Waals surface area contributed by atoms with Gasteiger partial charge in [0.1, 0.15) is 0 Å². The third-order valence-corrected chi connectivity index (χ3v) is 4.90. The van der Waals surface area contributed by atoms with Gasteiger partial charge in [-0.1, -0.05) is 52.0 Å². The summed E-state index contributed by atoms with van der Waals surface area (Å²) in [6, 6.07) is 9.02. The van der Waals surface area contributed by atoms with Gasteiger partial charge < -0.3 is 11.5 Å². The van der Waals surface area contributed by atoms with Gasteiger partial charge in [-0.2, -0.15) is 0 Å². The number of hydrogen-bond acceptors (Lipinski definition) is 2. The van der Waals surface area contributed by atoms with Crippen LogP contribution in [0, 0.1) is 13.8 Å². The third kappa shape index (κ3) is 3.92. The van der Waals surface area contributed by atoms with Crippen LogP contribution < -0.4 is 11.5 Å². The van der Waals surface area contributed by atoms with Crippen molar-refractivity contribution in [2.45, 2.75) is 66.2 Å². The Morgan fingerprint density at radius 1 is 0.667 bits per heavy atom. The largest absolute Gasteiger partial charge is 0.398 e. The van der Waals surface area contributed by atoms with Crippen LogP contribution in [0.2, 0.25) is 0 Å². The lowest BCUT2D eigenvalue weighted by molar-refractivity contribution is 0.851. The normalized spacial score (nSPS) is 11.5. The van der Waals surface area contributed by atoms with Crippen LogP contribution in [0.1, 0.15) is 72.9 Å². The van der Waals surface area contributed by atoms with Gasteiger partial charge in [0.2, 0.25) is 0 Å². The molecule has 2 aromatic carbocycles. The van der Waals surface area contributed by atoms with Gasteiger partial charge in [-0.15, -0.1) is 0 Å². The van der Waals surface area contributed by atoms with Crippen LogP contribution in [0.3, 0.4) is 0 Å². The minimum atomic E-state index is 0.454. The SMILES string of the molecule is Cc1cc(CCc2cc(C)c(N)c(C(C)C)c2)cc(C(C)C)c1N. The molecule has 0 fully saturated rings. The topological polar surface area (TPSA) is 52.0 Å². The van der Waals surface area contributed by atoms with Gasteiger partial charge in [0.05, 0.1) is 0 Å². The smallest absolute Gasteiger partial charge is 0.0379 e. The molecule has 0 atom stereocenters. The molecule has 130 valence electrons. The average Bonchev–Trinajstić information content (AvgIpc) is 2.50. The van der Waals surface area contributed by atoms with E-state index in [0.29, 0.717) is 11.8 Å². The van der Waals surface area contributed by atoms with E-state index in [2.05, 4.69) is 65.8 Å². The van der Waals surface area contributed by atoms with E-state index >= 15 is 0 Å². The van der Waals surface area contributed by atoms with E-state index in [1.807, 2.05) is 0 Å². The molecule has 0 amide bonds. The Balaban J connectivity index is 2.26. The summed E-state index contributed by atoms with van der Waals surface area (Å²) in [5.41, 5.74) is 22.0. The van der Waals surface area contributed by atoms with Crippen LogP contribution in [-0.2, 0) is 12.8 Å². The third-order valence-electron chi connectivity index (χ3n) is 4.90. The van der Waals surface area contributed by atoms with Crippen LogP contribution in [0.15, 0.2) is 24.3 Å². The van der Waals surface area contributed by atoms with E-state index < -0.39 is 0 Å². The van der Waals surface area contributed by atoms with Crippen LogP contribution in [0.5, 0.6) is 0 Å². The molecule has 4 N–H and O–H groups in total. The van der Waals surface area contributed by atoms with Gasteiger partial charge in [0.15, 0.2) is 0 Å². The van der Waals surface area contributed by atoms with Crippen LogP contribution in [0.25, 0.3) is 0 Å². The zero-order chi connectivity index (χ0) is 18.0. The maximum Gasteiger partial charge on any atom is 0.0379 e. The van der Waals surface area contributed by atoms with Crippen LogP contribution in [-0.4, -0.2) is 0 Å². The molecule has 0 aromatic heterocycles. The molecule has 2 nitrogen and oxygen atoms in total. The van der Waals surface area contributed by atoms with Gasteiger partial charge in [-0.05, 0) is 71.9 Å². The Hall–Kier alpha value is -1.96. The predicted octanol–water partition coefficient (Wildman–Crippen LogP) is 5.50. The van der Waals surface area contributed by atoms with Gasteiger partial charge in [0, 0.05) is 11.4 Å². The molecule has 0 unspecified atom stereocenters. The second-order valence-electron chi connectivity index (χ2n) is 7.64. The van der Waals surface area contributed by atoms with E-state index in [4.69, 9.17) is 11.5 Å². The average molecular weight is 325 g/mol. The van der Waals surface area contributed by atoms with E-state index in [9.17, 15) is 0 Å². The molecule has 0 aliphatic rings. The highest BCUT2D eigenvalue weighted by molar-refractivity contribution is 5.57. The first kappa shape index (κ1) is 18.4. The summed E-state index contributed by atoms with van der Waals surface area (Å²) >= 11 is 0. The molecule has 0 aliphatic carbocycles. The highest BCUT2D eigenvalue weighted by atomic mass is 14.6. The Morgan fingerprint density at radius 3 is 1.29 bits per heavy atom. The summed E-state index contributed by atoms with van der Waals surface area (Å²) in [6.45, 7) is 13.0. The van der Waals surface area contributed by atoms with E-state index in [-0.39, 0.29) is 0 Å². The van der Waals surface area contributed by atoms with Crippen molar-refractivity contribution in [3.05, 3.63) is 57.6 Å². The molecule has 2 aromatic rings. The Bertz CT molecular complexity index is 664. The Labute approximate surface area is 147 Å². The standard InChI is InChI=1S/C22H32N2/c1-13(2)19-11-17(9-15(5)21(19)23)7-8-18-10-16(6)22(24)20(12-18)14(3)4/h9-14H,7-8,23-24H2,1-6H3. The van der Waals surface area contributed by atoms with Gasteiger partial charge in [-0.25, -0.2) is 0 Å². The monoisotopic (exact) mass is 324 g/mol. The first-order valence-corrected chi connectivity index (χ1v) is 8.98. The van der Waals surface area contributed by atoms with E-state index in [1.165, 1.54) is 33.4 Å². The van der Waals surface area contributed by atoms with Crippen molar-refractivity contribution < 1.29 is 0 Å². The molecule has 0 radical (unpaired) electrons.